The van der Waals surface area contributed by atoms with Crippen LogP contribution in [0.5, 0.6) is 5.88 Å². The van der Waals surface area contributed by atoms with Gasteiger partial charge in [0.2, 0.25) is 5.88 Å². The minimum atomic E-state index is -0.272. The van der Waals surface area contributed by atoms with E-state index in [0.29, 0.717) is 34.3 Å². The van der Waals surface area contributed by atoms with E-state index in [1.807, 2.05) is 24.3 Å². The summed E-state index contributed by atoms with van der Waals surface area (Å²) in [7, 11) is 1.56. The Morgan fingerprint density at radius 2 is 1.92 bits per heavy atom. The van der Waals surface area contributed by atoms with Gasteiger partial charge < -0.3 is 15.0 Å². The van der Waals surface area contributed by atoms with Gasteiger partial charge in [0.1, 0.15) is 17.0 Å². The predicted molar refractivity (Wildman–Crippen MR) is 98.1 cm³/mol. The van der Waals surface area contributed by atoms with Gasteiger partial charge in [-0.05, 0) is 30.3 Å². The SMILES string of the molecule is COc1cccc(-c2nc3c(C(=O)Nc4ccccn4)cccc3[nH]2)n1. The van der Waals surface area contributed by atoms with Crippen molar-refractivity contribution < 1.29 is 9.53 Å². The number of imidazole rings is 1. The fraction of sp³-hybridized carbons (Fsp3) is 0.0526. The van der Waals surface area contributed by atoms with Crippen molar-refractivity contribution in [2.24, 2.45) is 0 Å². The minimum absolute atomic E-state index is 0.272. The fourth-order valence-electron chi connectivity index (χ4n) is 2.62. The quantitative estimate of drug-likeness (QED) is 0.592. The summed E-state index contributed by atoms with van der Waals surface area (Å²) in [6.07, 6.45) is 1.62. The van der Waals surface area contributed by atoms with Gasteiger partial charge in [0.05, 0.1) is 18.2 Å². The summed E-state index contributed by atoms with van der Waals surface area (Å²) in [4.78, 5) is 28.9. The second kappa shape index (κ2) is 6.64. The topological polar surface area (TPSA) is 92.8 Å². The van der Waals surface area contributed by atoms with Crippen LogP contribution in [0.25, 0.3) is 22.6 Å². The molecule has 3 heterocycles. The molecular weight excluding hydrogens is 330 g/mol. The molecule has 26 heavy (non-hydrogen) atoms. The van der Waals surface area contributed by atoms with Crippen molar-refractivity contribution in [1.29, 1.82) is 0 Å². The molecule has 0 saturated heterocycles. The maximum atomic E-state index is 12.6. The summed E-state index contributed by atoms with van der Waals surface area (Å²) in [6.45, 7) is 0. The van der Waals surface area contributed by atoms with Crippen molar-refractivity contribution in [2.45, 2.75) is 0 Å². The molecule has 0 unspecified atom stereocenters. The van der Waals surface area contributed by atoms with E-state index in [9.17, 15) is 4.79 Å². The molecule has 0 bridgehead atoms. The Labute approximate surface area is 149 Å². The first-order valence-corrected chi connectivity index (χ1v) is 7.97. The molecule has 3 aromatic heterocycles. The molecule has 0 spiro atoms. The lowest BCUT2D eigenvalue weighted by Crippen LogP contribution is -2.13. The number of anilines is 1. The Bertz CT molecular complexity index is 1080. The van der Waals surface area contributed by atoms with Crippen molar-refractivity contribution in [2.75, 3.05) is 12.4 Å². The lowest BCUT2D eigenvalue weighted by molar-refractivity contribution is 0.102. The number of methoxy groups -OCH3 is 1. The Balaban J connectivity index is 1.72. The zero-order chi connectivity index (χ0) is 17.9. The summed E-state index contributed by atoms with van der Waals surface area (Å²) in [5.74, 6) is 1.28. The van der Waals surface area contributed by atoms with Crippen LogP contribution in [-0.2, 0) is 0 Å². The van der Waals surface area contributed by atoms with Gasteiger partial charge in [-0.15, -0.1) is 0 Å². The molecule has 2 N–H and O–H groups in total. The zero-order valence-electron chi connectivity index (χ0n) is 13.9. The van der Waals surface area contributed by atoms with E-state index in [0.717, 1.165) is 5.52 Å². The number of pyridine rings is 2. The van der Waals surface area contributed by atoms with Crippen molar-refractivity contribution in [3.63, 3.8) is 0 Å². The molecule has 0 saturated carbocycles. The molecule has 0 atom stereocenters. The first-order chi connectivity index (χ1) is 12.7. The van der Waals surface area contributed by atoms with Crippen LogP contribution in [0.2, 0.25) is 0 Å². The maximum Gasteiger partial charge on any atom is 0.259 e. The van der Waals surface area contributed by atoms with E-state index in [1.165, 1.54) is 0 Å². The third-order valence-electron chi connectivity index (χ3n) is 3.84. The molecule has 0 fully saturated rings. The van der Waals surface area contributed by atoms with Crippen LogP contribution in [0, 0.1) is 0 Å². The van der Waals surface area contributed by atoms with Crippen LogP contribution in [-0.4, -0.2) is 33.0 Å². The van der Waals surface area contributed by atoms with Gasteiger partial charge in [-0.25, -0.2) is 15.0 Å². The van der Waals surface area contributed by atoms with Crippen LogP contribution in [0.3, 0.4) is 0 Å². The first-order valence-electron chi connectivity index (χ1n) is 7.97. The van der Waals surface area contributed by atoms with Crippen molar-refractivity contribution >= 4 is 22.8 Å². The van der Waals surface area contributed by atoms with E-state index in [4.69, 9.17) is 4.74 Å². The molecular formula is C19H15N5O2. The van der Waals surface area contributed by atoms with E-state index in [2.05, 4.69) is 25.3 Å². The molecule has 128 valence electrons. The van der Waals surface area contributed by atoms with Gasteiger partial charge >= 0.3 is 0 Å². The summed E-state index contributed by atoms with van der Waals surface area (Å²) in [5, 5.41) is 2.78. The van der Waals surface area contributed by atoms with E-state index in [-0.39, 0.29) is 5.91 Å². The molecule has 0 radical (unpaired) electrons. The van der Waals surface area contributed by atoms with Crippen LogP contribution < -0.4 is 10.1 Å². The second-order valence-corrected chi connectivity index (χ2v) is 5.52. The average Bonchev–Trinajstić information content (AvgIpc) is 3.13. The van der Waals surface area contributed by atoms with E-state index >= 15 is 0 Å². The zero-order valence-corrected chi connectivity index (χ0v) is 13.9. The minimum Gasteiger partial charge on any atom is -0.481 e. The normalized spacial score (nSPS) is 10.7. The van der Waals surface area contributed by atoms with Gasteiger partial charge in [-0.2, -0.15) is 0 Å². The summed E-state index contributed by atoms with van der Waals surface area (Å²) in [6, 6.07) is 16.1. The number of fused-ring (bicyclic) bond motifs is 1. The Morgan fingerprint density at radius 3 is 2.73 bits per heavy atom. The molecule has 1 amide bonds. The standard InChI is InChI=1S/C19H15N5O2/c1-26-16-10-5-8-14(21-16)18-22-13-7-4-6-12(17(13)24-18)19(25)23-15-9-2-3-11-20-15/h2-11H,1H3,(H,22,24)(H,20,23,25). The Kier molecular flexibility index (Phi) is 4.03. The summed E-state index contributed by atoms with van der Waals surface area (Å²) >= 11 is 0. The molecule has 7 nitrogen and oxygen atoms in total. The molecule has 0 aliphatic rings. The summed E-state index contributed by atoms with van der Waals surface area (Å²) < 4.78 is 5.15. The third kappa shape index (κ3) is 2.98. The molecule has 0 aliphatic heterocycles. The van der Waals surface area contributed by atoms with Crippen molar-refractivity contribution in [3.05, 3.63) is 66.4 Å². The molecule has 1 aromatic carbocycles. The fourth-order valence-corrected chi connectivity index (χ4v) is 2.62. The van der Waals surface area contributed by atoms with Crippen molar-refractivity contribution in [3.8, 4) is 17.4 Å². The smallest absolute Gasteiger partial charge is 0.259 e. The Hall–Kier alpha value is -3.74. The number of amides is 1. The lowest BCUT2D eigenvalue weighted by Gasteiger charge is -2.04. The van der Waals surface area contributed by atoms with E-state index in [1.54, 1.807) is 43.6 Å². The highest BCUT2D eigenvalue weighted by Gasteiger charge is 2.15. The number of nitrogens with one attached hydrogen (secondary N) is 2. The van der Waals surface area contributed by atoms with Crippen LogP contribution in [0.15, 0.2) is 60.8 Å². The number of para-hydroxylation sites is 1. The number of hydrogen-bond donors (Lipinski definition) is 2. The van der Waals surface area contributed by atoms with Gasteiger partial charge in [-0.3, -0.25) is 4.79 Å². The highest BCUT2D eigenvalue weighted by atomic mass is 16.5. The molecule has 7 heteroatoms. The summed E-state index contributed by atoms with van der Waals surface area (Å²) in [5.41, 5.74) is 2.41. The van der Waals surface area contributed by atoms with Gasteiger partial charge in [0.25, 0.3) is 5.91 Å². The number of benzene rings is 1. The highest BCUT2D eigenvalue weighted by molar-refractivity contribution is 6.11. The van der Waals surface area contributed by atoms with Crippen LogP contribution in [0.4, 0.5) is 5.82 Å². The van der Waals surface area contributed by atoms with Gasteiger partial charge in [0.15, 0.2) is 5.82 Å². The number of carbonyl (C=O) groups excluding carboxylic acids is 1. The number of carbonyl (C=O) groups is 1. The van der Waals surface area contributed by atoms with Crippen LogP contribution >= 0.6 is 0 Å². The molecule has 4 rings (SSSR count). The monoisotopic (exact) mass is 345 g/mol. The van der Waals surface area contributed by atoms with Gasteiger partial charge in [0, 0.05) is 12.3 Å². The van der Waals surface area contributed by atoms with E-state index < -0.39 is 0 Å². The number of ether oxygens (including phenoxy) is 1. The molecule has 0 aliphatic carbocycles. The first kappa shape index (κ1) is 15.8. The largest absolute Gasteiger partial charge is 0.481 e. The maximum absolute atomic E-state index is 12.6. The molecule has 4 aromatic rings. The van der Waals surface area contributed by atoms with Crippen molar-refractivity contribution in [1.82, 2.24) is 19.9 Å². The van der Waals surface area contributed by atoms with Gasteiger partial charge in [-0.1, -0.05) is 18.2 Å². The lowest BCUT2D eigenvalue weighted by atomic mass is 10.1. The predicted octanol–water partition coefficient (Wildman–Crippen LogP) is 3.28. The number of nitrogens with zero attached hydrogens (tertiary/aromatic N) is 3. The third-order valence-corrected chi connectivity index (χ3v) is 3.84. The Morgan fingerprint density at radius 1 is 1.04 bits per heavy atom. The average molecular weight is 345 g/mol. The number of rotatable bonds is 4. The highest BCUT2D eigenvalue weighted by Crippen LogP contribution is 2.23. The number of aromatic amines is 1. The number of aromatic nitrogens is 4. The number of H-pyrrole nitrogens is 1. The second-order valence-electron chi connectivity index (χ2n) is 5.52. The van der Waals surface area contributed by atoms with Crippen LogP contribution in [0.1, 0.15) is 10.4 Å². The number of hydrogen-bond acceptors (Lipinski definition) is 5.